The minimum absolute atomic E-state index is 0.0703. The van der Waals surface area contributed by atoms with Gasteiger partial charge in [-0.15, -0.1) is 0 Å². The minimum atomic E-state index is -0.870. The fourth-order valence-electron chi connectivity index (χ4n) is 10.9. The van der Waals surface area contributed by atoms with Gasteiger partial charge in [0.05, 0.1) is 18.8 Å². The molecule has 4 nitrogen and oxygen atoms in total. The summed E-state index contributed by atoms with van der Waals surface area (Å²) in [6.07, 6.45) is 91.0. The van der Waals surface area contributed by atoms with Gasteiger partial charge in [0, 0.05) is 6.42 Å². The van der Waals surface area contributed by atoms with Crippen molar-refractivity contribution in [2.24, 2.45) is 0 Å². The highest BCUT2D eigenvalue weighted by Gasteiger charge is 2.18. The molecule has 0 aromatic heterocycles. The summed E-state index contributed by atoms with van der Waals surface area (Å²) in [6, 6.07) is -0.645. The summed E-state index contributed by atoms with van der Waals surface area (Å²) in [7, 11) is 0. The third-order valence-corrected chi connectivity index (χ3v) is 16.1. The van der Waals surface area contributed by atoms with Crippen LogP contribution in [-0.4, -0.2) is 34.9 Å². The van der Waals surface area contributed by atoms with E-state index in [1.54, 1.807) is 6.08 Å². The number of unbranched alkanes of at least 4 members (excludes halogenated alkanes) is 53. The van der Waals surface area contributed by atoms with Gasteiger partial charge < -0.3 is 15.5 Å². The molecule has 74 heavy (non-hydrogen) atoms. The third-order valence-electron chi connectivity index (χ3n) is 16.1. The lowest BCUT2D eigenvalue weighted by atomic mass is 10.0. The van der Waals surface area contributed by atoms with Gasteiger partial charge in [-0.3, -0.25) is 4.79 Å². The van der Waals surface area contributed by atoms with Crippen LogP contribution in [0.4, 0.5) is 0 Å². The second kappa shape index (κ2) is 65.9. The largest absolute Gasteiger partial charge is 0.394 e. The first-order valence-corrected chi connectivity index (χ1v) is 34.2. The van der Waals surface area contributed by atoms with Crippen LogP contribution < -0.4 is 5.32 Å². The normalized spacial score (nSPS) is 12.9. The molecule has 0 heterocycles. The first-order valence-electron chi connectivity index (χ1n) is 34.2. The fraction of sp³-hybridized carbons (Fsp3) is 0.900. The van der Waals surface area contributed by atoms with Crippen molar-refractivity contribution >= 4 is 5.91 Å². The van der Waals surface area contributed by atoms with Crippen LogP contribution in [0.1, 0.15) is 386 Å². The van der Waals surface area contributed by atoms with Crippen molar-refractivity contribution in [3.63, 3.8) is 0 Å². The van der Waals surface area contributed by atoms with Crippen molar-refractivity contribution in [1.82, 2.24) is 5.32 Å². The Morgan fingerprint density at radius 2 is 0.527 bits per heavy atom. The molecular weight excluding hydrogens is 903 g/mol. The molecule has 0 aromatic carbocycles. The van der Waals surface area contributed by atoms with E-state index in [1.165, 1.54) is 327 Å². The van der Waals surface area contributed by atoms with E-state index in [2.05, 4.69) is 43.5 Å². The predicted molar refractivity (Wildman–Crippen MR) is 332 cm³/mol. The van der Waals surface area contributed by atoms with Crippen LogP contribution in [0, 0.1) is 0 Å². The zero-order valence-corrected chi connectivity index (χ0v) is 50.6. The molecule has 0 aliphatic rings. The van der Waals surface area contributed by atoms with Crippen molar-refractivity contribution in [3.8, 4) is 0 Å². The molecule has 2 atom stereocenters. The molecule has 0 fully saturated rings. The molecule has 3 N–H and O–H groups in total. The maximum absolute atomic E-state index is 12.5. The van der Waals surface area contributed by atoms with Gasteiger partial charge in [0.2, 0.25) is 5.91 Å². The summed E-state index contributed by atoms with van der Waals surface area (Å²) in [6.45, 7) is 4.33. The minimum Gasteiger partial charge on any atom is -0.394 e. The van der Waals surface area contributed by atoms with E-state index >= 15 is 0 Å². The summed E-state index contributed by atoms with van der Waals surface area (Å²) in [5.74, 6) is -0.0703. The topological polar surface area (TPSA) is 69.6 Å². The van der Waals surface area contributed by atoms with Crippen LogP contribution in [0.2, 0.25) is 0 Å². The molecule has 438 valence electrons. The zero-order valence-electron chi connectivity index (χ0n) is 50.6. The Labute approximate surface area is 465 Å². The van der Waals surface area contributed by atoms with Gasteiger partial charge >= 0.3 is 0 Å². The van der Waals surface area contributed by atoms with Gasteiger partial charge in [-0.05, 0) is 44.9 Å². The molecule has 0 spiro atoms. The number of aliphatic hydroxyl groups is 2. The van der Waals surface area contributed by atoms with E-state index in [0.717, 1.165) is 38.5 Å². The van der Waals surface area contributed by atoms with E-state index in [-0.39, 0.29) is 12.5 Å². The standard InChI is InChI=1S/C70H135NO3/c1-3-5-7-9-11-13-15-17-19-21-23-25-26-27-28-29-30-31-32-33-34-35-36-37-38-39-40-41-42-43-44-46-48-50-52-54-56-58-60-62-64-66-70(74)71-68(67-72)69(73)65-63-61-59-57-55-53-51-49-47-45-24-22-20-18-16-14-12-10-8-6-4-2/h47,49,55,57,63,65,68-69,72-73H,3-46,48,50-54,56,58-62,64,66-67H2,1-2H3,(H,71,74)/b49-47+,57-55+,65-63+. The molecular formula is C70H135NO3. The number of carbonyl (C=O) groups is 1. The fourth-order valence-corrected chi connectivity index (χ4v) is 10.9. The van der Waals surface area contributed by atoms with Crippen LogP contribution in [0.3, 0.4) is 0 Å². The SMILES string of the molecule is CCCCCCCCCCCCC/C=C/CC/C=C/CC/C=C/C(O)C(CO)NC(=O)CCCCCCCCCCCCCCCCCCCCCCCCCCCCCCCCCCCCCCCCCCC. The molecule has 0 saturated heterocycles. The van der Waals surface area contributed by atoms with Gasteiger partial charge in [-0.25, -0.2) is 0 Å². The number of amides is 1. The predicted octanol–water partition coefficient (Wildman–Crippen LogP) is 23.2. The van der Waals surface area contributed by atoms with Crippen molar-refractivity contribution in [2.45, 2.75) is 398 Å². The monoisotopic (exact) mass is 1040 g/mol. The number of allylic oxidation sites excluding steroid dienone is 5. The average molecular weight is 1040 g/mol. The highest BCUT2D eigenvalue weighted by Crippen LogP contribution is 2.19. The van der Waals surface area contributed by atoms with Crippen LogP contribution in [0.15, 0.2) is 36.5 Å². The third kappa shape index (κ3) is 61.5. The van der Waals surface area contributed by atoms with Crippen LogP contribution in [0.25, 0.3) is 0 Å². The summed E-state index contributed by atoms with van der Waals surface area (Å²) in [4.78, 5) is 12.5. The summed E-state index contributed by atoms with van der Waals surface area (Å²) >= 11 is 0. The smallest absolute Gasteiger partial charge is 0.220 e. The zero-order chi connectivity index (χ0) is 53.4. The molecule has 0 bridgehead atoms. The lowest BCUT2D eigenvalue weighted by Crippen LogP contribution is -2.45. The van der Waals surface area contributed by atoms with E-state index in [1.807, 2.05) is 6.08 Å². The Morgan fingerprint density at radius 3 is 0.784 bits per heavy atom. The van der Waals surface area contributed by atoms with Crippen molar-refractivity contribution in [3.05, 3.63) is 36.5 Å². The van der Waals surface area contributed by atoms with Gasteiger partial charge in [0.25, 0.3) is 0 Å². The lowest BCUT2D eigenvalue weighted by Gasteiger charge is -2.19. The molecule has 1 amide bonds. The van der Waals surface area contributed by atoms with Gasteiger partial charge in [-0.1, -0.05) is 371 Å². The molecule has 2 unspecified atom stereocenters. The van der Waals surface area contributed by atoms with Gasteiger partial charge in [0.1, 0.15) is 0 Å². The number of aliphatic hydroxyl groups excluding tert-OH is 2. The Hall–Kier alpha value is -1.39. The van der Waals surface area contributed by atoms with E-state index in [4.69, 9.17) is 0 Å². The Kier molecular flexibility index (Phi) is 64.7. The van der Waals surface area contributed by atoms with E-state index < -0.39 is 12.1 Å². The summed E-state index contributed by atoms with van der Waals surface area (Å²) in [5.41, 5.74) is 0. The number of nitrogens with one attached hydrogen (secondary N) is 1. The molecule has 0 aromatic rings. The Morgan fingerprint density at radius 1 is 0.311 bits per heavy atom. The number of rotatable bonds is 64. The number of carbonyl (C=O) groups excluding carboxylic acids is 1. The molecule has 0 saturated carbocycles. The second-order valence-corrected chi connectivity index (χ2v) is 23.6. The summed E-state index contributed by atoms with van der Waals surface area (Å²) in [5, 5.41) is 23.2. The van der Waals surface area contributed by atoms with E-state index in [0.29, 0.717) is 6.42 Å². The van der Waals surface area contributed by atoms with Gasteiger partial charge in [-0.2, -0.15) is 0 Å². The number of hydrogen-bond acceptors (Lipinski definition) is 3. The van der Waals surface area contributed by atoms with Crippen LogP contribution in [0.5, 0.6) is 0 Å². The van der Waals surface area contributed by atoms with E-state index in [9.17, 15) is 15.0 Å². The quantitative estimate of drug-likeness (QED) is 0.0420. The summed E-state index contributed by atoms with van der Waals surface area (Å²) < 4.78 is 0. The first kappa shape index (κ1) is 72.6. The maximum atomic E-state index is 12.5. The average Bonchev–Trinajstić information content (AvgIpc) is 3.40. The van der Waals surface area contributed by atoms with Crippen molar-refractivity contribution < 1.29 is 15.0 Å². The Balaban J connectivity index is 3.40. The lowest BCUT2D eigenvalue weighted by molar-refractivity contribution is -0.123. The molecule has 4 heteroatoms. The second-order valence-electron chi connectivity index (χ2n) is 23.6. The van der Waals surface area contributed by atoms with Crippen molar-refractivity contribution in [2.75, 3.05) is 6.61 Å². The first-order chi connectivity index (χ1) is 36.7. The molecule has 0 rings (SSSR count). The number of hydrogen-bond donors (Lipinski definition) is 3. The molecule has 0 radical (unpaired) electrons. The van der Waals surface area contributed by atoms with Crippen LogP contribution >= 0.6 is 0 Å². The Bertz CT molecular complexity index is 1130. The highest BCUT2D eigenvalue weighted by atomic mass is 16.3. The van der Waals surface area contributed by atoms with Crippen molar-refractivity contribution in [1.29, 1.82) is 0 Å². The molecule has 0 aliphatic carbocycles. The van der Waals surface area contributed by atoms with Gasteiger partial charge in [0.15, 0.2) is 0 Å². The molecule has 0 aliphatic heterocycles. The highest BCUT2D eigenvalue weighted by molar-refractivity contribution is 5.76. The maximum Gasteiger partial charge on any atom is 0.220 e. The van der Waals surface area contributed by atoms with Crippen LogP contribution in [-0.2, 0) is 4.79 Å².